The van der Waals surface area contributed by atoms with E-state index in [1.807, 2.05) is 0 Å². The summed E-state index contributed by atoms with van der Waals surface area (Å²) in [6.45, 7) is 7.32. The summed E-state index contributed by atoms with van der Waals surface area (Å²) in [6.07, 6.45) is 0.808. The lowest BCUT2D eigenvalue weighted by Crippen LogP contribution is -2.47. The van der Waals surface area contributed by atoms with E-state index in [4.69, 9.17) is 14.2 Å². The molecule has 21 heavy (non-hydrogen) atoms. The van der Waals surface area contributed by atoms with Gasteiger partial charge in [0, 0.05) is 19.1 Å². The molecule has 0 N–H and O–H groups in total. The van der Waals surface area contributed by atoms with Crippen molar-refractivity contribution in [2.45, 2.75) is 26.0 Å². The Hall–Kier alpha value is -1.59. The van der Waals surface area contributed by atoms with E-state index in [1.165, 1.54) is 0 Å². The van der Waals surface area contributed by atoms with Crippen LogP contribution in [-0.4, -0.2) is 56.7 Å². The van der Waals surface area contributed by atoms with E-state index in [2.05, 4.69) is 18.7 Å². The summed E-state index contributed by atoms with van der Waals surface area (Å²) in [5, 5.41) is 0. The van der Waals surface area contributed by atoms with Crippen LogP contribution in [0, 0.1) is 0 Å². The highest BCUT2D eigenvalue weighted by atomic mass is 16.5. The molecule has 0 bridgehead atoms. The number of benzene rings is 1. The maximum absolute atomic E-state index is 11.1. The van der Waals surface area contributed by atoms with Gasteiger partial charge in [-0.25, -0.2) is 0 Å². The molecular formula is C16H23NO4. The van der Waals surface area contributed by atoms with Crippen molar-refractivity contribution in [1.29, 1.82) is 0 Å². The Balaban J connectivity index is 1.95. The third-order valence-corrected chi connectivity index (χ3v) is 3.67. The van der Waals surface area contributed by atoms with Crippen LogP contribution in [0.3, 0.4) is 0 Å². The first kappa shape index (κ1) is 15.8. The minimum atomic E-state index is 0.0303. The molecule has 1 aromatic rings. The van der Waals surface area contributed by atoms with Gasteiger partial charge in [0.15, 0.2) is 6.29 Å². The van der Waals surface area contributed by atoms with Crippen molar-refractivity contribution < 1.29 is 19.0 Å². The lowest BCUT2D eigenvalue weighted by Gasteiger charge is -2.35. The van der Waals surface area contributed by atoms with Gasteiger partial charge in [-0.1, -0.05) is 0 Å². The van der Waals surface area contributed by atoms with Gasteiger partial charge in [-0.3, -0.25) is 9.69 Å². The van der Waals surface area contributed by atoms with Crippen LogP contribution < -0.4 is 9.47 Å². The molecule has 0 aliphatic carbocycles. The van der Waals surface area contributed by atoms with Crippen molar-refractivity contribution in [2.24, 2.45) is 0 Å². The molecule has 1 unspecified atom stereocenters. The molecule has 1 saturated heterocycles. The fourth-order valence-corrected chi connectivity index (χ4v) is 2.37. The van der Waals surface area contributed by atoms with Gasteiger partial charge in [-0.2, -0.15) is 0 Å². The minimum Gasteiger partial charge on any atom is -0.497 e. The minimum absolute atomic E-state index is 0.0303. The fraction of sp³-hybridized carbons (Fsp3) is 0.562. The molecule has 2 rings (SSSR count). The van der Waals surface area contributed by atoms with Crippen molar-refractivity contribution in [2.75, 3.05) is 33.4 Å². The number of hydrogen-bond donors (Lipinski definition) is 0. The first-order chi connectivity index (χ1) is 10.1. The molecule has 1 aromatic carbocycles. The third kappa shape index (κ3) is 4.19. The van der Waals surface area contributed by atoms with Gasteiger partial charge >= 0.3 is 0 Å². The number of hydrogen-bond acceptors (Lipinski definition) is 5. The van der Waals surface area contributed by atoms with Crippen LogP contribution in [0.5, 0.6) is 11.5 Å². The number of rotatable bonds is 6. The van der Waals surface area contributed by atoms with Crippen molar-refractivity contribution in [3.63, 3.8) is 0 Å². The van der Waals surface area contributed by atoms with E-state index in [9.17, 15) is 4.79 Å². The molecule has 1 aliphatic heterocycles. The highest BCUT2D eigenvalue weighted by molar-refractivity contribution is 5.80. The van der Waals surface area contributed by atoms with E-state index in [0.29, 0.717) is 29.7 Å². The van der Waals surface area contributed by atoms with Crippen molar-refractivity contribution in [1.82, 2.24) is 4.90 Å². The van der Waals surface area contributed by atoms with Crippen LogP contribution in [-0.2, 0) is 4.74 Å². The summed E-state index contributed by atoms with van der Waals surface area (Å²) in [6, 6.07) is 5.71. The average Bonchev–Trinajstić information content (AvgIpc) is 2.53. The third-order valence-electron chi connectivity index (χ3n) is 3.67. The van der Waals surface area contributed by atoms with Gasteiger partial charge in [-0.05, 0) is 32.0 Å². The Morgan fingerprint density at radius 3 is 2.95 bits per heavy atom. The zero-order valence-electron chi connectivity index (χ0n) is 12.9. The van der Waals surface area contributed by atoms with E-state index < -0.39 is 0 Å². The highest BCUT2D eigenvalue weighted by Crippen LogP contribution is 2.23. The van der Waals surface area contributed by atoms with Gasteiger partial charge < -0.3 is 14.2 Å². The largest absolute Gasteiger partial charge is 0.497 e. The Bertz CT molecular complexity index is 475. The van der Waals surface area contributed by atoms with Gasteiger partial charge in [-0.15, -0.1) is 0 Å². The zero-order chi connectivity index (χ0) is 15.2. The second kappa shape index (κ2) is 7.43. The molecule has 5 nitrogen and oxygen atoms in total. The number of aldehydes is 1. The standard InChI is InChI=1S/C16H23NO4/c1-12(2)17-6-7-20-15(9-17)11-21-16-5-4-14(19-3)8-13(16)10-18/h4-5,8,10,12,15H,6-7,9,11H2,1-3H3. The van der Waals surface area contributed by atoms with Crippen molar-refractivity contribution in [3.8, 4) is 11.5 Å². The predicted octanol–water partition coefficient (Wildman–Crippen LogP) is 2.00. The molecular weight excluding hydrogens is 270 g/mol. The van der Waals surface area contributed by atoms with E-state index in [-0.39, 0.29) is 6.10 Å². The Labute approximate surface area is 125 Å². The molecule has 1 heterocycles. The lowest BCUT2D eigenvalue weighted by molar-refractivity contribution is -0.0565. The van der Waals surface area contributed by atoms with Crippen molar-refractivity contribution >= 4 is 6.29 Å². The molecule has 0 amide bonds. The van der Waals surface area contributed by atoms with Crippen LogP contribution in [0.2, 0.25) is 0 Å². The van der Waals surface area contributed by atoms with Gasteiger partial charge in [0.25, 0.3) is 0 Å². The summed E-state index contributed by atoms with van der Waals surface area (Å²) in [5.74, 6) is 1.21. The van der Waals surface area contributed by atoms with Crippen molar-refractivity contribution in [3.05, 3.63) is 23.8 Å². The smallest absolute Gasteiger partial charge is 0.153 e. The number of morpholine rings is 1. The number of nitrogens with zero attached hydrogens (tertiary/aromatic N) is 1. The summed E-state index contributed by atoms with van der Waals surface area (Å²) in [7, 11) is 1.57. The first-order valence-corrected chi connectivity index (χ1v) is 7.25. The average molecular weight is 293 g/mol. The molecule has 0 radical (unpaired) electrons. The normalized spacial score (nSPS) is 19.5. The quantitative estimate of drug-likeness (QED) is 0.751. The van der Waals surface area contributed by atoms with Crippen LogP contribution in [0.4, 0.5) is 0 Å². The van der Waals surface area contributed by atoms with Gasteiger partial charge in [0.2, 0.25) is 0 Å². The maximum atomic E-state index is 11.1. The van der Waals surface area contributed by atoms with Crippen LogP contribution in [0.25, 0.3) is 0 Å². The molecule has 1 aliphatic rings. The molecule has 0 saturated carbocycles. The molecule has 0 aromatic heterocycles. The molecule has 0 spiro atoms. The topological polar surface area (TPSA) is 48.0 Å². The van der Waals surface area contributed by atoms with Crippen LogP contribution in [0.15, 0.2) is 18.2 Å². The fourth-order valence-electron chi connectivity index (χ4n) is 2.37. The lowest BCUT2D eigenvalue weighted by atomic mass is 10.2. The number of ether oxygens (including phenoxy) is 3. The number of methoxy groups -OCH3 is 1. The van der Waals surface area contributed by atoms with Crippen LogP contribution >= 0.6 is 0 Å². The summed E-state index contributed by atoms with van der Waals surface area (Å²) >= 11 is 0. The zero-order valence-corrected chi connectivity index (χ0v) is 12.9. The maximum Gasteiger partial charge on any atom is 0.153 e. The monoisotopic (exact) mass is 293 g/mol. The van der Waals surface area contributed by atoms with Crippen LogP contribution in [0.1, 0.15) is 24.2 Å². The summed E-state index contributed by atoms with van der Waals surface area (Å²) in [4.78, 5) is 13.5. The summed E-state index contributed by atoms with van der Waals surface area (Å²) < 4.78 is 16.6. The van der Waals surface area contributed by atoms with Gasteiger partial charge in [0.1, 0.15) is 24.2 Å². The molecule has 116 valence electrons. The second-order valence-electron chi connectivity index (χ2n) is 5.41. The Morgan fingerprint density at radius 1 is 1.48 bits per heavy atom. The molecule has 5 heteroatoms. The van der Waals surface area contributed by atoms with Gasteiger partial charge in [0.05, 0.1) is 19.3 Å². The van der Waals surface area contributed by atoms with E-state index in [0.717, 1.165) is 26.0 Å². The van der Waals surface area contributed by atoms with E-state index >= 15 is 0 Å². The molecule has 1 fully saturated rings. The first-order valence-electron chi connectivity index (χ1n) is 7.25. The summed E-state index contributed by atoms with van der Waals surface area (Å²) in [5.41, 5.74) is 0.492. The Kier molecular flexibility index (Phi) is 5.59. The SMILES string of the molecule is COc1ccc(OCC2CN(C(C)C)CCO2)c(C=O)c1. The predicted molar refractivity (Wildman–Crippen MR) is 80.3 cm³/mol. The highest BCUT2D eigenvalue weighted by Gasteiger charge is 2.23. The number of carbonyl (C=O) groups excluding carboxylic acids is 1. The number of carbonyl (C=O) groups is 1. The molecule has 1 atom stereocenters. The second-order valence-corrected chi connectivity index (χ2v) is 5.41. The van der Waals surface area contributed by atoms with E-state index in [1.54, 1.807) is 25.3 Å². The Morgan fingerprint density at radius 2 is 2.29 bits per heavy atom.